The SMILES string of the molecule is CC(C)(C)N1CCN(C(=O)c2cccnc2F)CC1. The van der Waals surface area contributed by atoms with Crippen LogP contribution in [0.4, 0.5) is 4.39 Å². The van der Waals surface area contributed by atoms with E-state index in [9.17, 15) is 9.18 Å². The monoisotopic (exact) mass is 265 g/mol. The van der Waals surface area contributed by atoms with Crippen molar-refractivity contribution in [1.82, 2.24) is 14.8 Å². The molecule has 0 spiro atoms. The summed E-state index contributed by atoms with van der Waals surface area (Å²) in [6.45, 7) is 9.37. The van der Waals surface area contributed by atoms with E-state index in [0.717, 1.165) is 13.1 Å². The average molecular weight is 265 g/mol. The number of pyridine rings is 1. The maximum Gasteiger partial charge on any atom is 0.258 e. The first kappa shape index (κ1) is 13.9. The van der Waals surface area contributed by atoms with Gasteiger partial charge in [0.05, 0.1) is 5.56 Å². The Balaban J connectivity index is 2.03. The highest BCUT2D eigenvalue weighted by atomic mass is 19.1. The maximum atomic E-state index is 13.5. The zero-order valence-corrected chi connectivity index (χ0v) is 11.7. The molecule has 1 aromatic rings. The first-order valence-electron chi connectivity index (χ1n) is 6.54. The topological polar surface area (TPSA) is 36.4 Å². The minimum atomic E-state index is -0.689. The molecule has 1 fully saturated rings. The fourth-order valence-corrected chi connectivity index (χ4v) is 2.30. The molecule has 0 atom stereocenters. The Morgan fingerprint density at radius 1 is 1.26 bits per heavy atom. The maximum absolute atomic E-state index is 13.5. The Labute approximate surface area is 113 Å². The summed E-state index contributed by atoms with van der Waals surface area (Å²) < 4.78 is 13.5. The summed E-state index contributed by atoms with van der Waals surface area (Å²) in [5.41, 5.74) is 0.168. The van der Waals surface area contributed by atoms with Crippen LogP contribution in [0.15, 0.2) is 18.3 Å². The fourth-order valence-electron chi connectivity index (χ4n) is 2.30. The molecule has 2 heterocycles. The van der Waals surface area contributed by atoms with E-state index in [-0.39, 0.29) is 17.0 Å². The summed E-state index contributed by atoms with van der Waals surface area (Å²) in [7, 11) is 0. The van der Waals surface area contributed by atoms with Crippen molar-refractivity contribution in [3.8, 4) is 0 Å². The molecule has 0 aliphatic carbocycles. The first-order valence-corrected chi connectivity index (χ1v) is 6.54. The van der Waals surface area contributed by atoms with Crippen molar-refractivity contribution in [2.75, 3.05) is 26.2 Å². The van der Waals surface area contributed by atoms with Gasteiger partial charge < -0.3 is 4.90 Å². The van der Waals surface area contributed by atoms with Gasteiger partial charge in [0.25, 0.3) is 5.91 Å². The van der Waals surface area contributed by atoms with Gasteiger partial charge in [0, 0.05) is 37.9 Å². The third-order valence-electron chi connectivity index (χ3n) is 3.51. The molecule has 2 rings (SSSR count). The van der Waals surface area contributed by atoms with Gasteiger partial charge >= 0.3 is 0 Å². The van der Waals surface area contributed by atoms with E-state index >= 15 is 0 Å². The summed E-state index contributed by atoms with van der Waals surface area (Å²) >= 11 is 0. The highest BCUT2D eigenvalue weighted by Crippen LogP contribution is 2.17. The Kier molecular flexibility index (Phi) is 3.85. The molecule has 1 aromatic heterocycles. The predicted octanol–water partition coefficient (Wildman–Crippen LogP) is 1.78. The molecule has 104 valence electrons. The van der Waals surface area contributed by atoms with Crippen molar-refractivity contribution in [3.63, 3.8) is 0 Å². The quantitative estimate of drug-likeness (QED) is 0.726. The minimum Gasteiger partial charge on any atom is -0.336 e. The Morgan fingerprint density at radius 2 is 1.89 bits per heavy atom. The van der Waals surface area contributed by atoms with Crippen molar-refractivity contribution >= 4 is 5.91 Å². The van der Waals surface area contributed by atoms with E-state index < -0.39 is 5.95 Å². The van der Waals surface area contributed by atoms with E-state index in [1.807, 2.05) is 0 Å². The van der Waals surface area contributed by atoms with Gasteiger partial charge in [0.2, 0.25) is 5.95 Å². The van der Waals surface area contributed by atoms with Crippen LogP contribution in [0.1, 0.15) is 31.1 Å². The number of hydrogen-bond acceptors (Lipinski definition) is 3. The normalized spacial score (nSPS) is 17.6. The molecule has 0 saturated carbocycles. The lowest BCUT2D eigenvalue weighted by molar-refractivity contribution is 0.0447. The average Bonchev–Trinajstić information content (AvgIpc) is 2.38. The predicted molar refractivity (Wildman–Crippen MR) is 71.4 cm³/mol. The van der Waals surface area contributed by atoms with Gasteiger partial charge in [0.15, 0.2) is 0 Å². The van der Waals surface area contributed by atoms with Crippen LogP contribution in [0, 0.1) is 5.95 Å². The summed E-state index contributed by atoms with van der Waals surface area (Å²) in [4.78, 5) is 19.8. The molecule has 0 bridgehead atoms. The van der Waals surface area contributed by atoms with Crippen LogP contribution in [0.25, 0.3) is 0 Å². The number of halogens is 1. The van der Waals surface area contributed by atoms with Crippen LogP contribution in [-0.4, -0.2) is 52.4 Å². The standard InChI is InChI=1S/C14H20FN3O/c1-14(2,3)18-9-7-17(8-10-18)13(19)11-5-4-6-16-12(11)15/h4-6H,7-10H2,1-3H3. The van der Waals surface area contributed by atoms with Crippen LogP contribution in [0.2, 0.25) is 0 Å². The van der Waals surface area contributed by atoms with Crippen molar-refractivity contribution in [3.05, 3.63) is 29.8 Å². The van der Waals surface area contributed by atoms with Crippen LogP contribution in [-0.2, 0) is 0 Å². The zero-order chi connectivity index (χ0) is 14.0. The zero-order valence-electron chi connectivity index (χ0n) is 11.7. The largest absolute Gasteiger partial charge is 0.336 e. The van der Waals surface area contributed by atoms with E-state index in [4.69, 9.17) is 0 Å². The molecule has 1 amide bonds. The van der Waals surface area contributed by atoms with Gasteiger partial charge in [0.1, 0.15) is 0 Å². The Bertz CT molecular complexity index is 462. The van der Waals surface area contributed by atoms with Crippen LogP contribution in [0.5, 0.6) is 0 Å². The Hall–Kier alpha value is -1.49. The second-order valence-corrected chi connectivity index (χ2v) is 5.79. The van der Waals surface area contributed by atoms with Crippen molar-refractivity contribution in [2.24, 2.45) is 0 Å². The molecule has 0 aromatic carbocycles. The van der Waals surface area contributed by atoms with Crippen molar-refractivity contribution in [1.29, 1.82) is 0 Å². The van der Waals surface area contributed by atoms with Gasteiger partial charge in [-0.2, -0.15) is 4.39 Å². The summed E-state index contributed by atoms with van der Waals surface area (Å²) in [6, 6.07) is 3.07. The number of hydrogen-bond donors (Lipinski definition) is 0. The lowest BCUT2D eigenvalue weighted by Gasteiger charge is -2.42. The van der Waals surface area contributed by atoms with Crippen LogP contribution < -0.4 is 0 Å². The number of piperazine rings is 1. The smallest absolute Gasteiger partial charge is 0.258 e. The summed E-state index contributed by atoms with van der Waals surface area (Å²) in [6.07, 6.45) is 1.35. The van der Waals surface area contributed by atoms with Crippen molar-refractivity contribution < 1.29 is 9.18 Å². The number of rotatable bonds is 1. The van der Waals surface area contributed by atoms with Crippen LogP contribution in [0.3, 0.4) is 0 Å². The molecular weight excluding hydrogens is 245 g/mol. The molecule has 0 N–H and O–H groups in total. The summed E-state index contributed by atoms with van der Waals surface area (Å²) in [5.74, 6) is -0.954. The number of carbonyl (C=O) groups excluding carboxylic acids is 1. The van der Waals surface area contributed by atoms with E-state index in [1.54, 1.807) is 11.0 Å². The molecule has 4 nitrogen and oxygen atoms in total. The lowest BCUT2D eigenvalue weighted by Crippen LogP contribution is -2.54. The molecular formula is C14H20FN3O. The second kappa shape index (κ2) is 5.25. The molecule has 1 aliphatic heterocycles. The van der Waals surface area contributed by atoms with Gasteiger partial charge in [-0.3, -0.25) is 9.69 Å². The van der Waals surface area contributed by atoms with Gasteiger partial charge in [-0.25, -0.2) is 4.98 Å². The van der Waals surface area contributed by atoms with Crippen molar-refractivity contribution in [2.45, 2.75) is 26.3 Å². The second-order valence-electron chi connectivity index (χ2n) is 5.79. The summed E-state index contributed by atoms with van der Waals surface area (Å²) in [5, 5.41) is 0. The molecule has 19 heavy (non-hydrogen) atoms. The molecule has 1 aliphatic rings. The third kappa shape index (κ3) is 3.10. The number of aromatic nitrogens is 1. The van der Waals surface area contributed by atoms with Crippen LogP contribution >= 0.6 is 0 Å². The van der Waals surface area contributed by atoms with Gasteiger partial charge in [-0.1, -0.05) is 0 Å². The number of carbonyl (C=O) groups is 1. The highest BCUT2D eigenvalue weighted by Gasteiger charge is 2.29. The first-order chi connectivity index (χ1) is 8.89. The molecule has 5 heteroatoms. The van der Waals surface area contributed by atoms with E-state index in [0.29, 0.717) is 13.1 Å². The van der Waals surface area contributed by atoms with E-state index in [1.165, 1.54) is 12.3 Å². The number of amides is 1. The minimum absolute atomic E-state index is 0.0618. The highest BCUT2D eigenvalue weighted by molar-refractivity contribution is 5.94. The molecule has 1 saturated heterocycles. The third-order valence-corrected chi connectivity index (χ3v) is 3.51. The lowest BCUT2D eigenvalue weighted by atomic mass is 10.0. The Morgan fingerprint density at radius 3 is 2.42 bits per heavy atom. The van der Waals surface area contributed by atoms with Gasteiger partial charge in [-0.15, -0.1) is 0 Å². The molecule has 0 unspecified atom stereocenters. The van der Waals surface area contributed by atoms with E-state index in [2.05, 4.69) is 30.7 Å². The fraction of sp³-hybridized carbons (Fsp3) is 0.571. The number of nitrogens with zero attached hydrogens (tertiary/aromatic N) is 3. The molecule has 0 radical (unpaired) electrons. The van der Waals surface area contributed by atoms with Gasteiger partial charge in [-0.05, 0) is 32.9 Å².